The first-order valence-electron chi connectivity index (χ1n) is 6.61. The molecule has 0 aliphatic rings. The molecule has 112 valence electrons. The van der Waals surface area contributed by atoms with Crippen LogP contribution in [-0.4, -0.2) is 20.0 Å². The van der Waals surface area contributed by atoms with E-state index in [0.717, 1.165) is 11.1 Å². The average Bonchev–Trinajstić information content (AvgIpc) is 2.43. The van der Waals surface area contributed by atoms with Crippen molar-refractivity contribution in [3.05, 3.63) is 47.8 Å². The molecule has 1 N–H and O–H groups in total. The van der Waals surface area contributed by atoms with E-state index in [4.69, 9.17) is 4.74 Å². The second-order valence-electron chi connectivity index (χ2n) is 4.66. The molecule has 1 aromatic carbocycles. The molecule has 0 aliphatic heterocycles. The summed E-state index contributed by atoms with van der Waals surface area (Å²) in [6.07, 6.45) is 3.06. The van der Waals surface area contributed by atoms with E-state index in [1.54, 1.807) is 24.3 Å². The second kappa shape index (κ2) is 6.13. The Bertz CT molecular complexity index is 728. The summed E-state index contributed by atoms with van der Waals surface area (Å²) < 4.78 is 33.1. The smallest absolute Gasteiger partial charge is 0.265 e. The van der Waals surface area contributed by atoms with E-state index in [2.05, 4.69) is 9.71 Å². The summed E-state index contributed by atoms with van der Waals surface area (Å²) in [6, 6.07) is 6.57. The Kier molecular flexibility index (Phi) is 4.47. The predicted molar refractivity (Wildman–Crippen MR) is 82.1 cm³/mol. The second-order valence-corrected chi connectivity index (χ2v) is 6.31. The van der Waals surface area contributed by atoms with Gasteiger partial charge in [0.25, 0.3) is 10.0 Å². The number of hydrogen-bond acceptors (Lipinski definition) is 4. The van der Waals surface area contributed by atoms with Gasteiger partial charge in [-0.15, -0.1) is 0 Å². The van der Waals surface area contributed by atoms with Gasteiger partial charge in [-0.1, -0.05) is 0 Å². The molecule has 0 bridgehead atoms. The number of aromatic nitrogens is 1. The number of aryl methyl sites for hydroxylation is 2. The number of benzene rings is 1. The van der Waals surface area contributed by atoms with Crippen LogP contribution in [0.25, 0.3) is 0 Å². The topological polar surface area (TPSA) is 68.3 Å². The van der Waals surface area contributed by atoms with E-state index in [1.165, 1.54) is 12.4 Å². The third-order valence-electron chi connectivity index (χ3n) is 3.08. The first kappa shape index (κ1) is 15.3. The Morgan fingerprint density at radius 3 is 2.38 bits per heavy atom. The van der Waals surface area contributed by atoms with E-state index < -0.39 is 10.0 Å². The number of ether oxygens (including phenoxy) is 1. The number of pyridine rings is 1. The Hall–Kier alpha value is -2.08. The minimum Gasteiger partial charge on any atom is -0.492 e. The molecule has 1 aromatic heterocycles. The van der Waals surface area contributed by atoms with Crippen molar-refractivity contribution < 1.29 is 13.2 Å². The van der Waals surface area contributed by atoms with E-state index in [9.17, 15) is 8.42 Å². The molecule has 0 saturated heterocycles. The number of hydrogen-bond donors (Lipinski definition) is 1. The molecule has 0 amide bonds. The molecule has 0 unspecified atom stereocenters. The number of anilines is 1. The molecule has 1 heterocycles. The van der Waals surface area contributed by atoms with Crippen LogP contribution in [0.15, 0.2) is 41.6 Å². The van der Waals surface area contributed by atoms with Gasteiger partial charge in [0.2, 0.25) is 0 Å². The van der Waals surface area contributed by atoms with Crippen LogP contribution >= 0.6 is 0 Å². The summed E-state index contributed by atoms with van der Waals surface area (Å²) in [5.74, 6) is 0.363. The lowest BCUT2D eigenvalue weighted by atomic mass is 10.1. The molecular weight excluding hydrogens is 288 g/mol. The van der Waals surface area contributed by atoms with Crippen molar-refractivity contribution in [3.63, 3.8) is 0 Å². The molecule has 0 aliphatic carbocycles. The summed E-state index contributed by atoms with van der Waals surface area (Å²) in [5, 5.41) is 0. The van der Waals surface area contributed by atoms with Gasteiger partial charge in [0.05, 0.1) is 12.3 Å². The Balaban J connectivity index is 2.46. The highest BCUT2D eigenvalue weighted by Gasteiger charge is 2.21. The lowest BCUT2D eigenvalue weighted by Crippen LogP contribution is -2.15. The highest BCUT2D eigenvalue weighted by Crippen LogP contribution is 2.29. The standard InChI is InChI=1S/C15H18N2O3S/c1-4-20-14-9-11(2)12(3)10-15(14)21(18,19)17-13-5-7-16-8-6-13/h5-10H,4H2,1-3H3,(H,16,17). The van der Waals surface area contributed by atoms with Crippen LogP contribution in [0.4, 0.5) is 5.69 Å². The normalized spacial score (nSPS) is 11.2. The first-order chi connectivity index (χ1) is 9.94. The van der Waals surface area contributed by atoms with Crippen molar-refractivity contribution in [2.75, 3.05) is 11.3 Å². The van der Waals surface area contributed by atoms with Crippen LogP contribution in [0.2, 0.25) is 0 Å². The zero-order valence-electron chi connectivity index (χ0n) is 12.3. The molecule has 0 radical (unpaired) electrons. The molecule has 6 heteroatoms. The Morgan fingerprint density at radius 1 is 1.14 bits per heavy atom. The molecule has 0 atom stereocenters. The number of sulfonamides is 1. The van der Waals surface area contributed by atoms with E-state index in [0.29, 0.717) is 18.0 Å². The summed E-state index contributed by atoms with van der Waals surface area (Å²) in [7, 11) is -3.71. The maximum atomic E-state index is 12.5. The van der Waals surface area contributed by atoms with Crippen LogP contribution in [0.3, 0.4) is 0 Å². The van der Waals surface area contributed by atoms with Crippen molar-refractivity contribution in [1.29, 1.82) is 0 Å². The van der Waals surface area contributed by atoms with Crippen molar-refractivity contribution in [3.8, 4) is 5.75 Å². The number of nitrogens with one attached hydrogen (secondary N) is 1. The van der Waals surface area contributed by atoms with Gasteiger partial charge < -0.3 is 4.74 Å². The molecule has 2 aromatic rings. The lowest BCUT2D eigenvalue weighted by Gasteiger charge is -2.14. The van der Waals surface area contributed by atoms with Crippen LogP contribution in [-0.2, 0) is 10.0 Å². The number of nitrogens with zero attached hydrogens (tertiary/aromatic N) is 1. The Morgan fingerprint density at radius 2 is 1.76 bits per heavy atom. The van der Waals surface area contributed by atoms with Crippen molar-refractivity contribution in [2.24, 2.45) is 0 Å². The van der Waals surface area contributed by atoms with Gasteiger partial charge >= 0.3 is 0 Å². The van der Waals surface area contributed by atoms with Gasteiger partial charge in [-0.3, -0.25) is 9.71 Å². The third kappa shape index (κ3) is 3.52. The Labute approximate surface area is 125 Å². The minimum absolute atomic E-state index is 0.143. The highest BCUT2D eigenvalue weighted by molar-refractivity contribution is 7.92. The van der Waals surface area contributed by atoms with Gasteiger partial charge in [-0.05, 0) is 56.2 Å². The van der Waals surface area contributed by atoms with Crippen molar-refractivity contribution in [1.82, 2.24) is 4.98 Å². The maximum absolute atomic E-state index is 12.5. The van der Waals surface area contributed by atoms with Gasteiger partial charge in [-0.25, -0.2) is 8.42 Å². The third-order valence-corrected chi connectivity index (χ3v) is 4.48. The molecule has 2 rings (SSSR count). The summed E-state index contributed by atoms with van der Waals surface area (Å²) in [6.45, 7) is 6.02. The van der Waals surface area contributed by atoms with Gasteiger partial charge in [0.15, 0.2) is 0 Å². The summed E-state index contributed by atoms with van der Waals surface area (Å²) in [4.78, 5) is 4.00. The molecular formula is C15H18N2O3S. The van der Waals surface area contributed by atoms with Gasteiger partial charge in [0.1, 0.15) is 10.6 Å². The highest BCUT2D eigenvalue weighted by atomic mass is 32.2. The SMILES string of the molecule is CCOc1cc(C)c(C)cc1S(=O)(=O)Nc1ccncc1. The van der Waals surface area contributed by atoms with E-state index in [-0.39, 0.29) is 4.90 Å². The fraction of sp³-hybridized carbons (Fsp3) is 0.267. The van der Waals surface area contributed by atoms with Gasteiger partial charge in [-0.2, -0.15) is 0 Å². The number of rotatable bonds is 5. The zero-order valence-corrected chi connectivity index (χ0v) is 13.1. The summed E-state index contributed by atoms with van der Waals surface area (Å²) >= 11 is 0. The van der Waals surface area contributed by atoms with E-state index in [1.807, 2.05) is 20.8 Å². The molecule has 0 saturated carbocycles. The van der Waals surface area contributed by atoms with Crippen molar-refractivity contribution in [2.45, 2.75) is 25.7 Å². The predicted octanol–water partition coefficient (Wildman–Crippen LogP) is 2.90. The van der Waals surface area contributed by atoms with Crippen LogP contribution in [0.5, 0.6) is 5.75 Å². The first-order valence-corrected chi connectivity index (χ1v) is 8.09. The molecule has 21 heavy (non-hydrogen) atoms. The van der Waals surface area contributed by atoms with Crippen LogP contribution in [0.1, 0.15) is 18.1 Å². The van der Waals surface area contributed by atoms with E-state index >= 15 is 0 Å². The maximum Gasteiger partial charge on any atom is 0.265 e. The largest absolute Gasteiger partial charge is 0.492 e. The fourth-order valence-corrected chi connectivity index (χ4v) is 3.14. The van der Waals surface area contributed by atoms with Gasteiger partial charge in [0, 0.05) is 12.4 Å². The monoisotopic (exact) mass is 306 g/mol. The average molecular weight is 306 g/mol. The summed E-state index contributed by atoms with van der Waals surface area (Å²) in [5.41, 5.74) is 2.35. The van der Waals surface area contributed by atoms with Crippen LogP contribution < -0.4 is 9.46 Å². The van der Waals surface area contributed by atoms with Crippen LogP contribution in [0, 0.1) is 13.8 Å². The molecule has 5 nitrogen and oxygen atoms in total. The minimum atomic E-state index is -3.71. The lowest BCUT2D eigenvalue weighted by molar-refractivity contribution is 0.331. The van der Waals surface area contributed by atoms with Crippen molar-refractivity contribution >= 4 is 15.7 Å². The zero-order chi connectivity index (χ0) is 15.5. The quantitative estimate of drug-likeness (QED) is 0.922. The fourth-order valence-electron chi connectivity index (χ4n) is 1.87. The molecule has 0 fully saturated rings. The molecule has 0 spiro atoms.